The Morgan fingerprint density at radius 1 is 1.16 bits per heavy atom. The number of hydrogen-bond donors (Lipinski definition) is 3. The van der Waals surface area contributed by atoms with E-state index in [4.69, 9.17) is 5.73 Å². The summed E-state index contributed by atoms with van der Waals surface area (Å²) in [6.07, 6.45) is 6.10. The minimum absolute atomic E-state index is 0.0111. The number of aryl methyl sites for hydroxylation is 1. The van der Waals surface area contributed by atoms with E-state index >= 15 is 0 Å². The summed E-state index contributed by atoms with van der Waals surface area (Å²) in [4.78, 5) is 40.1. The van der Waals surface area contributed by atoms with Crippen LogP contribution in [0.15, 0.2) is 16.8 Å². The van der Waals surface area contributed by atoms with Crippen LogP contribution in [0.25, 0.3) is 0 Å². The van der Waals surface area contributed by atoms with Gasteiger partial charge < -0.3 is 21.3 Å². The van der Waals surface area contributed by atoms with Gasteiger partial charge in [0.25, 0.3) is 11.8 Å². The minimum Gasteiger partial charge on any atom is -0.365 e. The standard InChI is InChI=1S/C22H28N4O3S2/c23-20(28)19-16-3-1-2-4-17(16)31-22(19)25-18(27)7-11-26-9-5-15(6-10-26)24-21(29)14-8-12-30-13-14/h8,12-13,15H,1-7,9-11H2,(H2,23,28)(H,24,29)(H,25,27). The lowest BCUT2D eigenvalue weighted by Gasteiger charge is -2.32. The van der Waals surface area contributed by atoms with Crippen LogP contribution in [0.5, 0.6) is 0 Å². The predicted octanol–water partition coefficient (Wildman–Crippen LogP) is 3.01. The first-order chi connectivity index (χ1) is 15.0. The van der Waals surface area contributed by atoms with E-state index in [1.807, 2.05) is 16.8 Å². The SMILES string of the molecule is NC(=O)c1c(NC(=O)CCN2CCC(NC(=O)c3ccsc3)CC2)sc2c1CCCC2. The maximum Gasteiger partial charge on any atom is 0.252 e. The number of hydrogen-bond acceptors (Lipinski definition) is 6. The lowest BCUT2D eigenvalue weighted by molar-refractivity contribution is -0.116. The maximum absolute atomic E-state index is 12.5. The van der Waals surface area contributed by atoms with Gasteiger partial charge in [0, 0.05) is 47.9 Å². The third kappa shape index (κ3) is 5.34. The number of fused-ring (bicyclic) bond motifs is 1. The number of amides is 3. The van der Waals surface area contributed by atoms with Gasteiger partial charge in [-0.1, -0.05) is 0 Å². The molecule has 1 saturated heterocycles. The number of nitrogens with two attached hydrogens (primary N) is 1. The molecule has 31 heavy (non-hydrogen) atoms. The van der Waals surface area contributed by atoms with Crippen LogP contribution in [0.4, 0.5) is 5.00 Å². The van der Waals surface area contributed by atoms with Gasteiger partial charge in [0.05, 0.1) is 5.56 Å². The molecule has 166 valence electrons. The molecule has 2 aromatic heterocycles. The number of likely N-dealkylation sites (tertiary alicyclic amines) is 1. The molecule has 0 radical (unpaired) electrons. The lowest BCUT2D eigenvalue weighted by Crippen LogP contribution is -2.45. The molecule has 2 aliphatic rings. The lowest BCUT2D eigenvalue weighted by atomic mass is 9.95. The first-order valence-corrected chi connectivity index (χ1v) is 12.6. The van der Waals surface area contributed by atoms with Crippen LogP contribution < -0.4 is 16.4 Å². The summed E-state index contributed by atoms with van der Waals surface area (Å²) >= 11 is 3.02. The van der Waals surface area contributed by atoms with Crippen LogP contribution in [-0.4, -0.2) is 48.3 Å². The van der Waals surface area contributed by atoms with Crippen molar-refractivity contribution in [1.82, 2.24) is 10.2 Å². The van der Waals surface area contributed by atoms with Gasteiger partial charge in [0.1, 0.15) is 5.00 Å². The van der Waals surface area contributed by atoms with E-state index in [0.717, 1.165) is 62.7 Å². The summed E-state index contributed by atoms with van der Waals surface area (Å²) in [6, 6.07) is 2.01. The van der Waals surface area contributed by atoms with Gasteiger partial charge in [-0.25, -0.2) is 0 Å². The molecule has 3 amide bonds. The van der Waals surface area contributed by atoms with Crippen molar-refractivity contribution in [2.45, 2.75) is 51.0 Å². The molecule has 2 aromatic rings. The Labute approximate surface area is 190 Å². The first kappa shape index (κ1) is 22.0. The summed E-state index contributed by atoms with van der Waals surface area (Å²) in [5.74, 6) is -0.557. The van der Waals surface area contributed by atoms with Crippen molar-refractivity contribution in [3.8, 4) is 0 Å². The molecule has 1 aliphatic carbocycles. The Bertz CT molecular complexity index is 946. The molecular formula is C22H28N4O3S2. The fraction of sp³-hybridized carbons (Fsp3) is 0.500. The molecule has 0 spiro atoms. The topological polar surface area (TPSA) is 105 Å². The van der Waals surface area contributed by atoms with Gasteiger partial charge in [-0.3, -0.25) is 14.4 Å². The van der Waals surface area contributed by atoms with E-state index in [9.17, 15) is 14.4 Å². The van der Waals surface area contributed by atoms with Gasteiger partial charge in [-0.05, 0) is 55.5 Å². The average Bonchev–Trinajstić information content (AvgIpc) is 3.41. The maximum atomic E-state index is 12.5. The Morgan fingerprint density at radius 3 is 2.65 bits per heavy atom. The van der Waals surface area contributed by atoms with Crippen molar-refractivity contribution in [3.63, 3.8) is 0 Å². The smallest absolute Gasteiger partial charge is 0.252 e. The van der Waals surface area contributed by atoms with Gasteiger partial charge in [0.15, 0.2) is 0 Å². The minimum atomic E-state index is -0.457. The number of nitrogens with zero attached hydrogens (tertiary/aromatic N) is 1. The number of primary amides is 1. The third-order valence-electron chi connectivity index (χ3n) is 6.03. The average molecular weight is 461 g/mol. The zero-order chi connectivity index (χ0) is 21.8. The van der Waals surface area contributed by atoms with E-state index in [1.165, 1.54) is 27.6 Å². The van der Waals surface area contributed by atoms with E-state index in [1.54, 1.807) is 0 Å². The highest BCUT2D eigenvalue weighted by molar-refractivity contribution is 7.17. The second kappa shape index (κ2) is 9.93. The van der Waals surface area contributed by atoms with Crippen molar-refractivity contribution >= 4 is 45.4 Å². The van der Waals surface area contributed by atoms with E-state index < -0.39 is 5.91 Å². The van der Waals surface area contributed by atoms with Crippen LogP contribution in [0, 0.1) is 0 Å². The van der Waals surface area contributed by atoms with Crippen LogP contribution >= 0.6 is 22.7 Å². The number of carbonyl (C=O) groups is 3. The molecule has 4 rings (SSSR count). The summed E-state index contributed by atoms with van der Waals surface area (Å²) in [6.45, 7) is 2.36. The zero-order valence-electron chi connectivity index (χ0n) is 17.4. The van der Waals surface area contributed by atoms with Crippen LogP contribution in [0.2, 0.25) is 0 Å². The number of rotatable bonds is 7. The largest absolute Gasteiger partial charge is 0.365 e. The second-order valence-corrected chi connectivity index (χ2v) is 10.1. The van der Waals surface area contributed by atoms with Gasteiger partial charge in [0.2, 0.25) is 5.91 Å². The summed E-state index contributed by atoms with van der Waals surface area (Å²) in [5, 5.41) is 10.4. The summed E-state index contributed by atoms with van der Waals surface area (Å²) in [7, 11) is 0. The van der Waals surface area contributed by atoms with Crippen molar-refractivity contribution in [2.24, 2.45) is 5.73 Å². The highest BCUT2D eigenvalue weighted by Gasteiger charge is 2.26. The molecule has 7 nitrogen and oxygen atoms in total. The zero-order valence-corrected chi connectivity index (χ0v) is 19.1. The van der Waals surface area contributed by atoms with Crippen LogP contribution in [0.3, 0.4) is 0 Å². The number of anilines is 1. The molecule has 0 bridgehead atoms. The highest BCUT2D eigenvalue weighted by atomic mass is 32.1. The molecule has 9 heteroatoms. The molecule has 0 saturated carbocycles. The Hall–Kier alpha value is -2.23. The van der Waals surface area contributed by atoms with E-state index in [2.05, 4.69) is 15.5 Å². The number of nitrogens with one attached hydrogen (secondary N) is 2. The quantitative estimate of drug-likeness (QED) is 0.591. The normalized spacial score (nSPS) is 17.2. The molecule has 3 heterocycles. The molecular weight excluding hydrogens is 432 g/mol. The van der Waals surface area contributed by atoms with Crippen LogP contribution in [0.1, 0.15) is 63.3 Å². The van der Waals surface area contributed by atoms with Crippen molar-refractivity contribution in [3.05, 3.63) is 38.4 Å². The molecule has 0 unspecified atom stereocenters. The molecule has 0 aromatic carbocycles. The molecule has 0 atom stereocenters. The number of thiophene rings is 2. The predicted molar refractivity (Wildman–Crippen MR) is 124 cm³/mol. The van der Waals surface area contributed by atoms with Crippen molar-refractivity contribution in [1.29, 1.82) is 0 Å². The van der Waals surface area contributed by atoms with Crippen molar-refractivity contribution < 1.29 is 14.4 Å². The number of carbonyl (C=O) groups excluding carboxylic acids is 3. The van der Waals surface area contributed by atoms with Gasteiger partial charge >= 0.3 is 0 Å². The number of piperidine rings is 1. The van der Waals surface area contributed by atoms with Crippen LogP contribution in [-0.2, 0) is 17.6 Å². The Morgan fingerprint density at radius 2 is 1.94 bits per heavy atom. The highest BCUT2D eigenvalue weighted by Crippen LogP contribution is 2.37. The van der Waals surface area contributed by atoms with E-state index in [-0.39, 0.29) is 17.9 Å². The fourth-order valence-corrected chi connectivity index (χ4v) is 6.27. The van der Waals surface area contributed by atoms with Crippen molar-refractivity contribution in [2.75, 3.05) is 25.0 Å². The molecule has 4 N–H and O–H groups in total. The van der Waals surface area contributed by atoms with E-state index in [0.29, 0.717) is 23.5 Å². The molecule has 1 aliphatic heterocycles. The summed E-state index contributed by atoms with van der Waals surface area (Å²) in [5.41, 5.74) is 7.87. The Balaban J connectivity index is 1.24. The van der Waals surface area contributed by atoms with Gasteiger partial charge in [-0.15, -0.1) is 11.3 Å². The second-order valence-electron chi connectivity index (χ2n) is 8.18. The van der Waals surface area contributed by atoms with Gasteiger partial charge in [-0.2, -0.15) is 11.3 Å². The summed E-state index contributed by atoms with van der Waals surface area (Å²) < 4.78 is 0. The third-order valence-corrected chi connectivity index (χ3v) is 7.92. The first-order valence-electron chi connectivity index (χ1n) is 10.8. The fourth-order valence-electron chi connectivity index (χ4n) is 4.33. The molecule has 1 fully saturated rings. The Kier molecular flexibility index (Phi) is 7.04. The monoisotopic (exact) mass is 460 g/mol.